The third kappa shape index (κ3) is 1.63. The smallest absolute Gasteiger partial charge is 0.295 e. The lowest BCUT2D eigenvalue weighted by Crippen LogP contribution is -2.14. The molecule has 0 aliphatic heterocycles. The van der Waals surface area contributed by atoms with Crippen molar-refractivity contribution in [1.82, 2.24) is 0 Å². The highest BCUT2D eigenvalue weighted by Crippen LogP contribution is 2.30. The van der Waals surface area contributed by atoms with Gasteiger partial charge in [-0.2, -0.15) is 0 Å². The van der Waals surface area contributed by atoms with Gasteiger partial charge in [-0.05, 0) is 6.07 Å². The quantitative estimate of drug-likeness (QED) is 0.543. The van der Waals surface area contributed by atoms with E-state index in [9.17, 15) is 18.9 Å². The zero-order chi connectivity index (χ0) is 10.9. The van der Waals surface area contributed by atoms with Crippen LogP contribution in [-0.4, -0.2) is 19.0 Å². The second-order valence-corrected chi connectivity index (χ2v) is 2.88. The molecule has 6 heteroatoms. The molecule has 1 rings (SSSR count). The third-order valence-corrected chi connectivity index (χ3v) is 1.69. The molecule has 0 amide bonds. The molecule has 0 saturated heterocycles. The zero-order valence-electron chi connectivity index (χ0n) is 7.62. The van der Waals surface area contributed by atoms with Gasteiger partial charge >= 0.3 is 0 Å². The molecule has 0 fully saturated rings. The van der Waals surface area contributed by atoms with E-state index < -0.39 is 22.2 Å². The summed E-state index contributed by atoms with van der Waals surface area (Å²) in [4.78, 5) is 10.9. The summed E-state index contributed by atoms with van der Waals surface area (Å²) in [5.74, 6) is -2.30. The molecule has 0 saturated carbocycles. The minimum Gasteiger partial charge on any atom is -0.370 e. The highest BCUT2D eigenvalue weighted by molar-refractivity contribution is 5.63. The predicted molar refractivity (Wildman–Crippen MR) is 47.3 cm³/mol. The summed E-state index contributed by atoms with van der Waals surface area (Å²) >= 11 is 0. The first-order chi connectivity index (χ1) is 6.45. The summed E-state index contributed by atoms with van der Waals surface area (Å²) in [5.41, 5.74) is -0.802. The van der Waals surface area contributed by atoms with Crippen molar-refractivity contribution in [3.05, 3.63) is 33.9 Å². The monoisotopic (exact) mass is 202 g/mol. The van der Waals surface area contributed by atoms with Crippen molar-refractivity contribution in [1.29, 1.82) is 0 Å². The van der Waals surface area contributed by atoms with Crippen LogP contribution in [0.4, 0.5) is 20.2 Å². The van der Waals surface area contributed by atoms with E-state index in [0.29, 0.717) is 0 Å². The number of rotatable bonds is 2. The van der Waals surface area contributed by atoms with Gasteiger partial charge in [0, 0.05) is 20.2 Å². The Bertz CT molecular complexity index is 380. The summed E-state index contributed by atoms with van der Waals surface area (Å²) in [7, 11) is 2.82. The highest BCUT2D eigenvalue weighted by Gasteiger charge is 2.22. The first kappa shape index (κ1) is 10.4. The molecule has 4 nitrogen and oxygen atoms in total. The fourth-order valence-electron chi connectivity index (χ4n) is 1.10. The van der Waals surface area contributed by atoms with Gasteiger partial charge in [-0.1, -0.05) is 0 Å². The highest BCUT2D eigenvalue weighted by atomic mass is 19.2. The van der Waals surface area contributed by atoms with Crippen molar-refractivity contribution in [2.24, 2.45) is 0 Å². The van der Waals surface area contributed by atoms with Crippen molar-refractivity contribution in [2.45, 2.75) is 0 Å². The van der Waals surface area contributed by atoms with Crippen LogP contribution in [0.15, 0.2) is 12.1 Å². The number of hydrogen-bond donors (Lipinski definition) is 0. The fourth-order valence-corrected chi connectivity index (χ4v) is 1.10. The van der Waals surface area contributed by atoms with Crippen LogP contribution in [0.25, 0.3) is 0 Å². The topological polar surface area (TPSA) is 46.4 Å². The maximum Gasteiger partial charge on any atom is 0.295 e. The molecule has 0 bridgehead atoms. The second-order valence-electron chi connectivity index (χ2n) is 2.88. The Morgan fingerprint density at radius 1 is 1.36 bits per heavy atom. The van der Waals surface area contributed by atoms with Gasteiger partial charge in [-0.15, -0.1) is 0 Å². The SMILES string of the molecule is CN(C)c1c([N+](=O)[O-])ccc(F)c1F. The van der Waals surface area contributed by atoms with E-state index in [4.69, 9.17) is 0 Å². The number of nitro groups is 1. The molecule has 0 unspecified atom stereocenters. The van der Waals surface area contributed by atoms with Crippen LogP contribution in [0.5, 0.6) is 0 Å². The standard InChI is InChI=1S/C8H8F2N2O2/c1-11(2)8-6(12(13)14)4-3-5(9)7(8)10/h3-4H,1-2H3. The van der Waals surface area contributed by atoms with E-state index in [2.05, 4.69) is 0 Å². The summed E-state index contributed by atoms with van der Waals surface area (Å²) in [6, 6.07) is 1.67. The first-order valence-electron chi connectivity index (χ1n) is 3.75. The number of hydrogen-bond acceptors (Lipinski definition) is 3. The predicted octanol–water partition coefficient (Wildman–Crippen LogP) is 1.94. The molecule has 1 aromatic carbocycles. The zero-order valence-corrected chi connectivity index (χ0v) is 7.62. The summed E-state index contributed by atoms with van der Waals surface area (Å²) in [6.45, 7) is 0. The van der Waals surface area contributed by atoms with E-state index in [-0.39, 0.29) is 5.69 Å². The third-order valence-electron chi connectivity index (χ3n) is 1.69. The Labute approximate surface area is 78.9 Å². The molecular weight excluding hydrogens is 194 g/mol. The minimum absolute atomic E-state index is 0.352. The first-order valence-corrected chi connectivity index (χ1v) is 3.75. The van der Waals surface area contributed by atoms with Crippen LogP contribution in [0, 0.1) is 21.7 Å². The van der Waals surface area contributed by atoms with Gasteiger partial charge in [0.2, 0.25) is 0 Å². The average molecular weight is 202 g/mol. The van der Waals surface area contributed by atoms with Gasteiger partial charge in [0.05, 0.1) is 4.92 Å². The van der Waals surface area contributed by atoms with Gasteiger partial charge in [0.25, 0.3) is 5.69 Å². The van der Waals surface area contributed by atoms with Crippen molar-refractivity contribution in [3.63, 3.8) is 0 Å². The lowest BCUT2D eigenvalue weighted by atomic mass is 10.2. The minimum atomic E-state index is -1.20. The number of anilines is 1. The normalized spacial score (nSPS) is 10.0. The molecule has 1 aromatic rings. The van der Waals surface area contributed by atoms with E-state index in [1.54, 1.807) is 0 Å². The number of nitro benzene ring substituents is 1. The van der Waals surface area contributed by atoms with Gasteiger partial charge in [-0.25, -0.2) is 8.78 Å². The maximum atomic E-state index is 13.2. The van der Waals surface area contributed by atoms with Crippen LogP contribution in [-0.2, 0) is 0 Å². The number of halogens is 2. The van der Waals surface area contributed by atoms with Gasteiger partial charge in [-0.3, -0.25) is 10.1 Å². The summed E-state index contributed by atoms with van der Waals surface area (Å²) < 4.78 is 25.9. The lowest BCUT2D eigenvalue weighted by molar-refractivity contribution is -0.384. The molecule has 0 aromatic heterocycles. The van der Waals surface area contributed by atoms with Crippen molar-refractivity contribution >= 4 is 11.4 Å². The Hall–Kier alpha value is -1.72. The molecule has 76 valence electrons. The van der Waals surface area contributed by atoms with Crippen LogP contribution in [0.3, 0.4) is 0 Å². The van der Waals surface area contributed by atoms with E-state index in [1.807, 2.05) is 0 Å². The maximum absolute atomic E-state index is 13.2. The Kier molecular flexibility index (Phi) is 2.64. The summed E-state index contributed by atoms with van der Waals surface area (Å²) in [5, 5.41) is 10.5. The van der Waals surface area contributed by atoms with E-state index in [0.717, 1.165) is 17.0 Å². The molecule has 0 spiro atoms. The lowest BCUT2D eigenvalue weighted by Gasteiger charge is -2.13. The number of nitrogens with zero attached hydrogens (tertiary/aromatic N) is 2. The molecule has 0 aliphatic carbocycles. The van der Waals surface area contributed by atoms with Crippen molar-refractivity contribution < 1.29 is 13.7 Å². The largest absolute Gasteiger partial charge is 0.370 e. The van der Waals surface area contributed by atoms with Gasteiger partial charge in [0.15, 0.2) is 17.3 Å². The molecule has 0 heterocycles. The molecule has 0 radical (unpaired) electrons. The molecule has 0 aliphatic rings. The average Bonchev–Trinajstić information content (AvgIpc) is 2.08. The number of benzene rings is 1. The van der Waals surface area contributed by atoms with E-state index in [1.165, 1.54) is 14.1 Å². The van der Waals surface area contributed by atoms with Gasteiger partial charge < -0.3 is 4.90 Å². The van der Waals surface area contributed by atoms with Crippen LogP contribution < -0.4 is 4.90 Å². The van der Waals surface area contributed by atoms with Crippen molar-refractivity contribution in [3.8, 4) is 0 Å². The summed E-state index contributed by atoms with van der Waals surface area (Å²) in [6.07, 6.45) is 0. The Morgan fingerprint density at radius 2 is 1.93 bits per heavy atom. The van der Waals surface area contributed by atoms with Crippen LogP contribution in [0.2, 0.25) is 0 Å². The fraction of sp³-hybridized carbons (Fsp3) is 0.250. The molecule has 0 N–H and O–H groups in total. The van der Waals surface area contributed by atoms with Gasteiger partial charge in [0.1, 0.15) is 0 Å². The molecular formula is C8H8F2N2O2. The van der Waals surface area contributed by atoms with Crippen LogP contribution >= 0.6 is 0 Å². The molecule has 0 atom stereocenters. The second kappa shape index (κ2) is 3.57. The van der Waals surface area contributed by atoms with E-state index >= 15 is 0 Å². The van der Waals surface area contributed by atoms with Crippen LogP contribution in [0.1, 0.15) is 0 Å². The van der Waals surface area contributed by atoms with Crippen molar-refractivity contribution in [2.75, 3.05) is 19.0 Å². The molecule has 14 heavy (non-hydrogen) atoms. The Balaban J connectivity index is 3.45. The Morgan fingerprint density at radius 3 is 2.36 bits per heavy atom.